The van der Waals surface area contributed by atoms with Crippen LogP contribution in [0.15, 0.2) is 185 Å². The van der Waals surface area contributed by atoms with E-state index in [4.69, 9.17) is 23.8 Å². The number of hydrogen-bond donors (Lipinski definition) is 0. The van der Waals surface area contributed by atoms with Gasteiger partial charge in [-0.15, -0.1) is 11.3 Å². The predicted molar refractivity (Wildman–Crippen MR) is 234 cm³/mol. The molecule has 0 aliphatic carbocycles. The van der Waals surface area contributed by atoms with Crippen molar-refractivity contribution in [2.45, 2.75) is 0 Å². The smallest absolute Gasteiger partial charge is 0.164 e. The van der Waals surface area contributed by atoms with Gasteiger partial charge < -0.3 is 8.83 Å². The molecule has 6 heteroatoms. The maximum absolute atomic E-state index is 6.67. The first-order valence-corrected chi connectivity index (χ1v) is 19.7. The van der Waals surface area contributed by atoms with E-state index in [1.807, 2.05) is 90.2 Å². The number of benzene rings is 8. The number of fused-ring (bicyclic) bond motifs is 9. The van der Waals surface area contributed by atoms with Crippen molar-refractivity contribution in [1.29, 1.82) is 0 Å². The van der Waals surface area contributed by atoms with Crippen LogP contribution in [0.4, 0.5) is 0 Å². The van der Waals surface area contributed by atoms with Crippen molar-refractivity contribution >= 4 is 75.4 Å². The molecular formula is C51H29N3O2S. The lowest BCUT2D eigenvalue weighted by Gasteiger charge is -2.10. The first kappa shape index (κ1) is 31.9. The summed E-state index contributed by atoms with van der Waals surface area (Å²) in [4.78, 5) is 15.0. The van der Waals surface area contributed by atoms with Gasteiger partial charge in [0.25, 0.3) is 0 Å². The number of rotatable bonds is 5. The summed E-state index contributed by atoms with van der Waals surface area (Å²) in [5, 5.41) is 6.68. The molecule has 0 N–H and O–H groups in total. The van der Waals surface area contributed by atoms with Gasteiger partial charge in [0.1, 0.15) is 22.3 Å². The van der Waals surface area contributed by atoms with E-state index >= 15 is 0 Å². The summed E-state index contributed by atoms with van der Waals surface area (Å²) in [6.45, 7) is 0. The fourth-order valence-corrected chi connectivity index (χ4v) is 9.50. The molecule has 5 nitrogen and oxygen atoms in total. The molecule has 8 aromatic carbocycles. The molecule has 0 saturated heterocycles. The maximum Gasteiger partial charge on any atom is 0.164 e. The van der Waals surface area contributed by atoms with Crippen LogP contribution < -0.4 is 0 Å². The van der Waals surface area contributed by atoms with E-state index in [0.29, 0.717) is 17.5 Å². The summed E-state index contributed by atoms with van der Waals surface area (Å²) >= 11 is 1.83. The largest absolute Gasteiger partial charge is 0.456 e. The summed E-state index contributed by atoms with van der Waals surface area (Å²) in [5.41, 5.74) is 10.4. The minimum absolute atomic E-state index is 0.595. The monoisotopic (exact) mass is 747 g/mol. The van der Waals surface area contributed by atoms with Crippen LogP contribution in [-0.2, 0) is 0 Å². The Hall–Kier alpha value is -7.41. The van der Waals surface area contributed by atoms with Crippen molar-refractivity contribution in [3.63, 3.8) is 0 Å². The Morgan fingerprint density at radius 2 is 1.00 bits per heavy atom. The first-order valence-electron chi connectivity index (χ1n) is 18.9. The second-order valence-electron chi connectivity index (χ2n) is 14.3. The van der Waals surface area contributed by atoms with Crippen molar-refractivity contribution in [3.05, 3.63) is 176 Å². The zero-order chi connectivity index (χ0) is 37.5. The molecule has 0 aliphatic heterocycles. The third-order valence-electron chi connectivity index (χ3n) is 10.9. The summed E-state index contributed by atoms with van der Waals surface area (Å²) in [6.07, 6.45) is 0. The molecule has 12 aromatic rings. The maximum atomic E-state index is 6.67. The van der Waals surface area contributed by atoms with E-state index in [0.717, 1.165) is 82.8 Å². The lowest BCUT2D eigenvalue weighted by atomic mass is 9.94. The highest BCUT2D eigenvalue weighted by atomic mass is 32.1. The lowest BCUT2D eigenvalue weighted by Crippen LogP contribution is -2.00. The third kappa shape index (κ3) is 5.12. The molecule has 4 aromatic heterocycles. The van der Waals surface area contributed by atoms with Crippen LogP contribution >= 0.6 is 11.3 Å². The number of hydrogen-bond acceptors (Lipinski definition) is 6. The molecular weight excluding hydrogens is 719 g/mol. The van der Waals surface area contributed by atoms with Crippen molar-refractivity contribution in [1.82, 2.24) is 15.0 Å². The molecule has 4 heterocycles. The van der Waals surface area contributed by atoms with Gasteiger partial charge in [0.05, 0.1) is 0 Å². The van der Waals surface area contributed by atoms with Crippen LogP contribution in [-0.4, -0.2) is 15.0 Å². The third-order valence-corrected chi connectivity index (χ3v) is 12.2. The number of thiophene rings is 1. The number of para-hydroxylation sites is 1. The molecule has 0 atom stereocenters. The van der Waals surface area contributed by atoms with Gasteiger partial charge in [-0.2, -0.15) is 0 Å². The summed E-state index contributed by atoms with van der Waals surface area (Å²) in [7, 11) is 0. The molecule has 12 rings (SSSR count). The molecule has 266 valence electrons. The second-order valence-corrected chi connectivity index (χ2v) is 15.4. The van der Waals surface area contributed by atoms with Crippen LogP contribution in [0.2, 0.25) is 0 Å². The average Bonchev–Trinajstić information content (AvgIpc) is 3.98. The topological polar surface area (TPSA) is 65.0 Å². The van der Waals surface area contributed by atoms with Crippen molar-refractivity contribution in [2.75, 3.05) is 0 Å². The van der Waals surface area contributed by atoms with Gasteiger partial charge in [-0.3, -0.25) is 0 Å². The van der Waals surface area contributed by atoms with Gasteiger partial charge >= 0.3 is 0 Å². The highest BCUT2D eigenvalue weighted by molar-refractivity contribution is 7.26. The Bertz CT molecular complexity index is 3470. The van der Waals surface area contributed by atoms with Crippen molar-refractivity contribution < 1.29 is 8.83 Å². The van der Waals surface area contributed by atoms with Crippen molar-refractivity contribution in [3.8, 4) is 56.4 Å². The molecule has 0 spiro atoms. The van der Waals surface area contributed by atoms with E-state index in [1.54, 1.807) is 0 Å². The zero-order valence-corrected chi connectivity index (χ0v) is 31.1. The molecule has 0 unspecified atom stereocenters. The Balaban J connectivity index is 1.05. The molecule has 0 radical (unpaired) electrons. The van der Waals surface area contributed by atoms with Gasteiger partial charge in [0.15, 0.2) is 17.5 Å². The minimum atomic E-state index is 0.595. The first-order chi connectivity index (χ1) is 28.2. The Morgan fingerprint density at radius 1 is 0.351 bits per heavy atom. The van der Waals surface area contributed by atoms with Gasteiger partial charge in [-0.1, -0.05) is 133 Å². The van der Waals surface area contributed by atoms with E-state index < -0.39 is 0 Å². The van der Waals surface area contributed by atoms with Gasteiger partial charge in [-0.05, 0) is 53.6 Å². The fraction of sp³-hybridized carbons (Fsp3) is 0. The van der Waals surface area contributed by atoms with E-state index in [9.17, 15) is 0 Å². The molecule has 0 fully saturated rings. The van der Waals surface area contributed by atoms with Crippen LogP contribution in [0.1, 0.15) is 0 Å². The molecule has 0 aliphatic rings. The molecule has 57 heavy (non-hydrogen) atoms. The van der Waals surface area contributed by atoms with Gasteiger partial charge in [0, 0.05) is 69.5 Å². The predicted octanol–water partition coefficient (Wildman–Crippen LogP) is 14.4. The molecule has 0 bridgehead atoms. The minimum Gasteiger partial charge on any atom is -0.456 e. The zero-order valence-electron chi connectivity index (χ0n) is 30.3. The summed E-state index contributed by atoms with van der Waals surface area (Å²) < 4.78 is 15.9. The Morgan fingerprint density at radius 3 is 1.81 bits per heavy atom. The van der Waals surface area contributed by atoms with E-state index in [1.165, 1.54) is 20.2 Å². The average molecular weight is 748 g/mol. The standard InChI is InChI=1S/C51H29N3O2S/c1-3-13-30(14-4-1)49-52-50(31-15-5-2-6-16-31)54-51(53-49)39-21-12-23-43-46(39)38-26-25-32(29-44(38)55-43)33-27-40-34-17-7-9-22-42(34)56-47(40)41(28-33)37-20-11-19-36-35-18-8-10-24-45(35)57-48(36)37/h1-29H. The van der Waals surface area contributed by atoms with Crippen LogP contribution in [0, 0.1) is 0 Å². The molecule has 0 saturated carbocycles. The fourth-order valence-electron chi connectivity index (χ4n) is 8.27. The quantitative estimate of drug-likeness (QED) is 0.175. The number of aromatic nitrogens is 3. The van der Waals surface area contributed by atoms with Crippen LogP contribution in [0.5, 0.6) is 0 Å². The normalized spacial score (nSPS) is 11.9. The Kier molecular flexibility index (Phi) is 7.03. The summed E-state index contributed by atoms with van der Waals surface area (Å²) in [6, 6.07) is 60.8. The number of furan rings is 2. The van der Waals surface area contributed by atoms with Crippen LogP contribution in [0.3, 0.4) is 0 Å². The summed E-state index contributed by atoms with van der Waals surface area (Å²) in [5.74, 6) is 1.84. The Labute approximate surface area is 330 Å². The SMILES string of the molecule is c1ccc(-c2nc(-c3ccccc3)nc(-c3cccc4oc5cc(-c6cc(-c7cccc8c7sc7ccccc78)c7oc8ccccc8c7c6)ccc5c34)n2)cc1. The van der Waals surface area contributed by atoms with Crippen LogP contribution in [0.25, 0.3) is 120 Å². The van der Waals surface area contributed by atoms with E-state index in [-0.39, 0.29) is 0 Å². The van der Waals surface area contributed by atoms with E-state index in [2.05, 4.69) is 97.1 Å². The lowest BCUT2D eigenvalue weighted by molar-refractivity contribution is 0.669. The highest BCUT2D eigenvalue weighted by Gasteiger charge is 2.21. The van der Waals surface area contributed by atoms with Gasteiger partial charge in [-0.25, -0.2) is 15.0 Å². The van der Waals surface area contributed by atoms with Crippen molar-refractivity contribution in [2.24, 2.45) is 0 Å². The second kappa shape index (κ2) is 12.6. The van der Waals surface area contributed by atoms with Gasteiger partial charge in [0.2, 0.25) is 0 Å². The highest BCUT2D eigenvalue weighted by Crippen LogP contribution is 2.46. The molecule has 0 amide bonds. The number of nitrogens with zero attached hydrogens (tertiary/aromatic N) is 3.